The minimum atomic E-state index is -3.25. The predicted molar refractivity (Wildman–Crippen MR) is 80.5 cm³/mol. The third-order valence-electron chi connectivity index (χ3n) is 3.77. The van der Waals surface area contributed by atoms with Crippen molar-refractivity contribution in [3.8, 4) is 0 Å². The van der Waals surface area contributed by atoms with E-state index in [0.717, 1.165) is 38.4 Å². The van der Waals surface area contributed by atoms with Crippen molar-refractivity contribution in [2.24, 2.45) is 0 Å². The van der Waals surface area contributed by atoms with Gasteiger partial charge in [0.05, 0.1) is 28.4 Å². The van der Waals surface area contributed by atoms with Gasteiger partial charge in [0, 0.05) is 6.26 Å². The van der Waals surface area contributed by atoms with Gasteiger partial charge in [-0.05, 0) is 31.0 Å². The first-order valence-corrected chi connectivity index (χ1v) is 8.81. The fraction of sp³-hybridized carbons (Fsp3) is 0.571. The molecule has 0 radical (unpaired) electrons. The Labute approximate surface area is 120 Å². The van der Waals surface area contributed by atoms with Gasteiger partial charge in [-0.25, -0.2) is 8.42 Å². The van der Waals surface area contributed by atoms with Crippen LogP contribution in [0.2, 0.25) is 0 Å². The summed E-state index contributed by atoms with van der Waals surface area (Å²) >= 11 is 0. The van der Waals surface area contributed by atoms with E-state index in [0.29, 0.717) is 11.4 Å². The summed E-state index contributed by atoms with van der Waals surface area (Å²) in [5, 5.41) is 13.3. The molecule has 1 aromatic carbocycles. The third-order valence-corrected chi connectivity index (χ3v) is 4.88. The number of rotatable bonds is 3. The van der Waals surface area contributed by atoms with E-state index < -0.39 is 9.84 Å². The average molecular weight is 298 g/mol. The van der Waals surface area contributed by atoms with Crippen LogP contribution >= 0.6 is 0 Å². The molecule has 0 saturated heterocycles. The first-order valence-electron chi connectivity index (χ1n) is 6.92. The molecule has 2 atom stereocenters. The molecule has 0 heterocycles. The van der Waals surface area contributed by atoms with E-state index in [1.807, 2.05) is 0 Å². The average Bonchev–Trinajstić information content (AvgIpc) is 2.56. The number of sulfone groups is 1. The number of nitrogens with one attached hydrogen (secondary N) is 1. The van der Waals surface area contributed by atoms with E-state index in [4.69, 9.17) is 5.73 Å². The Balaban J connectivity index is 2.17. The van der Waals surface area contributed by atoms with Gasteiger partial charge in [0.15, 0.2) is 9.84 Å². The quantitative estimate of drug-likeness (QED) is 0.584. The minimum Gasteiger partial charge on any atom is -0.397 e. The van der Waals surface area contributed by atoms with E-state index in [9.17, 15) is 13.5 Å². The lowest BCUT2D eigenvalue weighted by Crippen LogP contribution is -2.32. The maximum atomic E-state index is 11.5. The van der Waals surface area contributed by atoms with Crippen molar-refractivity contribution < 1.29 is 13.5 Å². The van der Waals surface area contributed by atoms with Gasteiger partial charge < -0.3 is 16.2 Å². The Morgan fingerprint density at radius 1 is 1.25 bits per heavy atom. The topological polar surface area (TPSA) is 92.4 Å². The maximum absolute atomic E-state index is 11.5. The molecule has 2 unspecified atom stereocenters. The van der Waals surface area contributed by atoms with Crippen LogP contribution in [-0.2, 0) is 9.84 Å². The van der Waals surface area contributed by atoms with Gasteiger partial charge >= 0.3 is 0 Å². The molecule has 4 N–H and O–H groups in total. The molecule has 0 bridgehead atoms. The van der Waals surface area contributed by atoms with Crippen LogP contribution in [0.4, 0.5) is 11.4 Å². The summed E-state index contributed by atoms with van der Waals surface area (Å²) in [6.45, 7) is 0. The Morgan fingerprint density at radius 3 is 2.60 bits per heavy atom. The molecule has 1 fully saturated rings. The molecule has 0 amide bonds. The summed E-state index contributed by atoms with van der Waals surface area (Å²) in [6, 6.07) is 4.64. The molecule has 20 heavy (non-hydrogen) atoms. The molecule has 1 saturated carbocycles. The molecule has 1 aliphatic carbocycles. The Hall–Kier alpha value is -1.27. The predicted octanol–water partition coefficient (Wildman–Crippen LogP) is 1.78. The highest BCUT2D eigenvalue weighted by atomic mass is 32.2. The van der Waals surface area contributed by atoms with Crippen LogP contribution in [0, 0.1) is 0 Å². The number of benzene rings is 1. The largest absolute Gasteiger partial charge is 0.397 e. The lowest BCUT2D eigenvalue weighted by atomic mass is 10.1. The van der Waals surface area contributed by atoms with Gasteiger partial charge in [-0.2, -0.15) is 0 Å². The Bertz CT molecular complexity index is 572. The summed E-state index contributed by atoms with van der Waals surface area (Å²) in [5.41, 5.74) is 6.99. The normalized spacial score (nSPS) is 24.1. The number of nitrogens with two attached hydrogens (primary N) is 1. The van der Waals surface area contributed by atoms with E-state index in [2.05, 4.69) is 5.32 Å². The zero-order valence-electron chi connectivity index (χ0n) is 11.7. The van der Waals surface area contributed by atoms with Crippen LogP contribution in [0.25, 0.3) is 0 Å². The lowest BCUT2D eigenvalue weighted by molar-refractivity contribution is 0.144. The van der Waals surface area contributed by atoms with Crippen molar-refractivity contribution in [3.05, 3.63) is 18.2 Å². The molecule has 2 rings (SSSR count). The van der Waals surface area contributed by atoms with E-state index in [1.54, 1.807) is 6.07 Å². The smallest absolute Gasteiger partial charge is 0.175 e. The monoisotopic (exact) mass is 298 g/mol. The second-order valence-corrected chi connectivity index (χ2v) is 7.49. The second kappa shape index (κ2) is 6.01. The molecule has 0 aromatic heterocycles. The van der Waals surface area contributed by atoms with Crippen molar-refractivity contribution in [3.63, 3.8) is 0 Å². The number of anilines is 2. The lowest BCUT2D eigenvalue weighted by Gasteiger charge is -2.24. The van der Waals surface area contributed by atoms with Gasteiger partial charge in [0.2, 0.25) is 0 Å². The van der Waals surface area contributed by atoms with Crippen molar-refractivity contribution in [2.75, 3.05) is 17.3 Å². The Kier molecular flexibility index (Phi) is 4.55. The highest BCUT2D eigenvalue weighted by Gasteiger charge is 2.22. The molecular weight excluding hydrogens is 276 g/mol. The van der Waals surface area contributed by atoms with Crippen LogP contribution in [0.5, 0.6) is 0 Å². The molecule has 1 aromatic rings. The molecule has 0 aliphatic heterocycles. The van der Waals surface area contributed by atoms with Crippen molar-refractivity contribution in [1.29, 1.82) is 0 Å². The van der Waals surface area contributed by atoms with Gasteiger partial charge in [-0.1, -0.05) is 19.3 Å². The first kappa shape index (κ1) is 15.1. The van der Waals surface area contributed by atoms with Crippen LogP contribution in [-0.4, -0.2) is 31.9 Å². The fourth-order valence-electron chi connectivity index (χ4n) is 2.56. The summed E-state index contributed by atoms with van der Waals surface area (Å²) in [7, 11) is -3.25. The number of hydrogen-bond donors (Lipinski definition) is 3. The summed E-state index contributed by atoms with van der Waals surface area (Å²) in [6.07, 6.45) is 5.72. The summed E-state index contributed by atoms with van der Waals surface area (Å²) < 4.78 is 22.9. The van der Waals surface area contributed by atoms with E-state index in [-0.39, 0.29) is 17.0 Å². The molecule has 0 spiro atoms. The van der Waals surface area contributed by atoms with Crippen LogP contribution < -0.4 is 11.1 Å². The van der Waals surface area contributed by atoms with Gasteiger partial charge in [0.1, 0.15) is 0 Å². The zero-order valence-corrected chi connectivity index (χ0v) is 12.5. The van der Waals surface area contributed by atoms with E-state index in [1.165, 1.54) is 12.1 Å². The highest BCUT2D eigenvalue weighted by molar-refractivity contribution is 7.90. The molecule has 5 nitrogen and oxygen atoms in total. The Morgan fingerprint density at radius 2 is 1.95 bits per heavy atom. The van der Waals surface area contributed by atoms with Crippen LogP contribution in [0.1, 0.15) is 32.1 Å². The zero-order chi connectivity index (χ0) is 14.8. The van der Waals surface area contributed by atoms with Gasteiger partial charge in [-0.3, -0.25) is 0 Å². The maximum Gasteiger partial charge on any atom is 0.175 e. The third kappa shape index (κ3) is 3.64. The van der Waals surface area contributed by atoms with Crippen molar-refractivity contribution >= 4 is 21.2 Å². The molecule has 1 aliphatic rings. The van der Waals surface area contributed by atoms with Crippen molar-refractivity contribution in [2.45, 2.75) is 49.1 Å². The van der Waals surface area contributed by atoms with Crippen molar-refractivity contribution in [1.82, 2.24) is 0 Å². The minimum absolute atomic E-state index is 0.0242. The molecular formula is C14H22N2O3S. The van der Waals surface area contributed by atoms with Crippen LogP contribution in [0.3, 0.4) is 0 Å². The first-order chi connectivity index (χ1) is 9.38. The van der Waals surface area contributed by atoms with Gasteiger partial charge in [0.25, 0.3) is 0 Å². The molecule has 6 heteroatoms. The number of nitrogen functional groups attached to an aromatic ring is 1. The SMILES string of the molecule is CS(=O)(=O)c1ccc(NC2CCCCCC2O)c(N)c1. The fourth-order valence-corrected chi connectivity index (χ4v) is 3.22. The van der Waals surface area contributed by atoms with Gasteiger partial charge in [-0.15, -0.1) is 0 Å². The van der Waals surface area contributed by atoms with E-state index >= 15 is 0 Å². The number of aliphatic hydroxyl groups is 1. The second-order valence-electron chi connectivity index (χ2n) is 5.48. The number of aliphatic hydroxyl groups excluding tert-OH is 1. The molecule has 112 valence electrons. The summed E-state index contributed by atoms with van der Waals surface area (Å²) in [5.74, 6) is 0. The standard InChI is InChI=1S/C14H22N2O3S/c1-20(18,19)10-7-8-12(11(15)9-10)16-13-5-3-2-4-6-14(13)17/h7-9,13-14,16-17H,2-6,15H2,1H3. The summed E-state index contributed by atoms with van der Waals surface area (Å²) in [4.78, 5) is 0.210. The number of hydrogen-bond acceptors (Lipinski definition) is 5. The highest BCUT2D eigenvalue weighted by Crippen LogP contribution is 2.27. The van der Waals surface area contributed by atoms with Crippen LogP contribution in [0.15, 0.2) is 23.1 Å².